The Bertz CT molecular complexity index is 997. The van der Waals surface area contributed by atoms with Crippen LogP contribution in [0.3, 0.4) is 0 Å². The van der Waals surface area contributed by atoms with E-state index in [9.17, 15) is 9.90 Å². The molecular weight excluding hydrogens is 360 g/mol. The number of tetrazole rings is 1. The molecule has 0 bridgehead atoms. The van der Waals surface area contributed by atoms with Crippen molar-refractivity contribution in [2.24, 2.45) is 0 Å². The number of aromatic amines is 1. The number of aryl methyl sites for hydroxylation is 2. The Morgan fingerprint density at radius 2 is 2.07 bits per heavy atom. The summed E-state index contributed by atoms with van der Waals surface area (Å²) >= 11 is 0. The molecule has 0 spiro atoms. The van der Waals surface area contributed by atoms with Crippen LogP contribution < -0.4 is 5.56 Å². The molecule has 0 saturated carbocycles. The summed E-state index contributed by atoms with van der Waals surface area (Å²) < 4.78 is 6.75. The summed E-state index contributed by atoms with van der Waals surface area (Å²) in [5, 5.41) is 22.2. The number of methoxy groups -OCH3 is 1. The van der Waals surface area contributed by atoms with Crippen LogP contribution in [0.25, 0.3) is 10.9 Å². The van der Waals surface area contributed by atoms with E-state index in [2.05, 4.69) is 26.6 Å². The molecule has 3 rings (SSSR count). The van der Waals surface area contributed by atoms with Crippen LogP contribution in [0.1, 0.15) is 22.5 Å². The number of benzene rings is 1. The number of fused-ring (bicyclic) bond motifs is 1. The highest BCUT2D eigenvalue weighted by Crippen LogP contribution is 2.19. The van der Waals surface area contributed by atoms with Crippen molar-refractivity contribution >= 4 is 10.9 Å². The van der Waals surface area contributed by atoms with Gasteiger partial charge in [0.05, 0.1) is 26.3 Å². The maximum Gasteiger partial charge on any atom is 0.252 e. The van der Waals surface area contributed by atoms with Crippen molar-refractivity contribution < 1.29 is 9.84 Å². The van der Waals surface area contributed by atoms with E-state index in [1.54, 1.807) is 11.8 Å². The van der Waals surface area contributed by atoms with Gasteiger partial charge in [-0.3, -0.25) is 9.69 Å². The minimum Gasteiger partial charge on any atom is -0.395 e. The van der Waals surface area contributed by atoms with Gasteiger partial charge < -0.3 is 14.8 Å². The summed E-state index contributed by atoms with van der Waals surface area (Å²) in [4.78, 5) is 17.5. The number of aliphatic hydroxyl groups is 1. The van der Waals surface area contributed by atoms with Crippen molar-refractivity contribution in [2.75, 3.05) is 26.9 Å². The molecule has 150 valence electrons. The van der Waals surface area contributed by atoms with Gasteiger partial charge in [-0.2, -0.15) is 0 Å². The average Bonchev–Trinajstić information content (AvgIpc) is 3.08. The second-order valence-corrected chi connectivity index (χ2v) is 6.91. The number of rotatable bonds is 9. The first-order valence-corrected chi connectivity index (χ1v) is 9.22. The lowest BCUT2D eigenvalue weighted by Crippen LogP contribution is -2.30. The molecule has 0 aliphatic carbocycles. The third-order valence-electron chi connectivity index (χ3n) is 4.68. The lowest BCUT2D eigenvalue weighted by atomic mass is 10.0. The molecule has 28 heavy (non-hydrogen) atoms. The SMILES string of the molecule is COCCn1nnnc1CN(CCO)Cc1cc2c(C)cc(C)cc2[nH]c1=O. The van der Waals surface area contributed by atoms with E-state index in [1.807, 2.05) is 30.9 Å². The molecule has 9 heteroatoms. The van der Waals surface area contributed by atoms with Gasteiger partial charge in [0, 0.05) is 36.7 Å². The fraction of sp³-hybridized carbons (Fsp3) is 0.474. The Kier molecular flexibility index (Phi) is 6.50. The first-order valence-electron chi connectivity index (χ1n) is 9.22. The Morgan fingerprint density at radius 3 is 2.82 bits per heavy atom. The summed E-state index contributed by atoms with van der Waals surface area (Å²) in [5.74, 6) is 0.662. The van der Waals surface area contributed by atoms with Gasteiger partial charge in [-0.25, -0.2) is 4.68 Å². The number of pyridine rings is 1. The number of aliphatic hydroxyl groups excluding tert-OH is 1. The van der Waals surface area contributed by atoms with Crippen LogP contribution in [0.5, 0.6) is 0 Å². The first-order chi connectivity index (χ1) is 13.5. The molecule has 0 unspecified atom stereocenters. The van der Waals surface area contributed by atoms with E-state index >= 15 is 0 Å². The minimum absolute atomic E-state index is 0.0245. The largest absolute Gasteiger partial charge is 0.395 e. The van der Waals surface area contributed by atoms with E-state index in [0.29, 0.717) is 44.2 Å². The van der Waals surface area contributed by atoms with Crippen LogP contribution in [0.15, 0.2) is 23.0 Å². The van der Waals surface area contributed by atoms with Gasteiger partial charge in [-0.05, 0) is 47.5 Å². The number of nitrogens with one attached hydrogen (secondary N) is 1. The molecule has 0 amide bonds. The van der Waals surface area contributed by atoms with Crippen molar-refractivity contribution in [1.82, 2.24) is 30.1 Å². The molecule has 3 aromatic rings. The van der Waals surface area contributed by atoms with E-state index in [-0.39, 0.29) is 12.2 Å². The van der Waals surface area contributed by atoms with Crippen LogP contribution in [-0.4, -0.2) is 62.1 Å². The van der Waals surface area contributed by atoms with Crippen molar-refractivity contribution in [3.63, 3.8) is 0 Å². The van der Waals surface area contributed by atoms with E-state index in [0.717, 1.165) is 22.0 Å². The fourth-order valence-electron chi connectivity index (χ4n) is 3.32. The summed E-state index contributed by atoms with van der Waals surface area (Å²) in [6.45, 7) is 6.27. The van der Waals surface area contributed by atoms with E-state index in [4.69, 9.17) is 4.74 Å². The topological polar surface area (TPSA) is 109 Å². The van der Waals surface area contributed by atoms with Crippen LogP contribution >= 0.6 is 0 Å². The van der Waals surface area contributed by atoms with Crippen LogP contribution in [0.2, 0.25) is 0 Å². The number of hydrogen-bond donors (Lipinski definition) is 2. The van der Waals surface area contributed by atoms with Gasteiger partial charge in [0.1, 0.15) is 0 Å². The number of H-pyrrole nitrogens is 1. The quantitative estimate of drug-likeness (QED) is 0.559. The zero-order chi connectivity index (χ0) is 20.1. The molecule has 0 atom stereocenters. The van der Waals surface area contributed by atoms with E-state index in [1.165, 1.54) is 0 Å². The Hall–Kier alpha value is -2.62. The van der Waals surface area contributed by atoms with Gasteiger partial charge in [0.2, 0.25) is 0 Å². The highest BCUT2D eigenvalue weighted by molar-refractivity contribution is 5.83. The molecule has 2 heterocycles. The number of aromatic nitrogens is 5. The van der Waals surface area contributed by atoms with Crippen molar-refractivity contribution in [1.29, 1.82) is 0 Å². The molecule has 0 aliphatic rings. The molecule has 9 nitrogen and oxygen atoms in total. The molecule has 0 fully saturated rings. The zero-order valence-electron chi connectivity index (χ0n) is 16.5. The molecule has 0 radical (unpaired) electrons. The van der Waals surface area contributed by atoms with Gasteiger partial charge in [-0.15, -0.1) is 5.10 Å². The zero-order valence-corrected chi connectivity index (χ0v) is 16.5. The molecule has 0 aliphatic heterocycles. The predicted octanol–water partition coefficient (Wildman–Crippen LogP) is 0.772. The second-order valence-electron chi connectivity index (χ2n) is 6.91. The van der Waals surface area contributed by atoms with Crippen LogP contribution in [0.4, 0.5) is 0 Å². The fourth-order valence-corrected chi connectivity index (χ4v) is 3.32. The Morgan fingerprint density at radius 1 is 1.25 bits per heavy atom. The highest BCUT2D eigenvalue weighted by Gasteiger charge is 2.15. The van der Waals surface area contributed by atoms with Gasteiger partial charge >= 0.3 is 0 Å². The van der Waals surface area contributed by atoms with Gasteiger partial charge in [-0.1, -0.05) is 6.07 Å². The molecule has 1 aromatic carbocycles. The molecule has 2 aromatic heterocycles. The standard InChI is InChI=1S/C19H26N6O3/c1-13-8-14(2)16-10-15(19(27)20-17(16)9-13)11-24(4-6-26)12-18-21-22-23-25(18)5-7-28-3/h8-10,26H,4-7,11-12H2,1-3H3,(H,20,27). The maximum atomic E-state index is 12.6. The summed E-state index contributed by atoms with van der Waals surface area (Å²) in [6.07, 6.45) is 0. The average molecular weight is 386 g/mol. The molecule has 0 saturated heterocycles. The van der Waals surface area contributed by atoms with E-state index < -0.39 is 0 Å². The monoisotopic (exact) mass is 386 g/mol. The number of nitrogens with zero attached hydrogens (tertiary/aromatic N) is 5. The lowest BCUT2D eigenvalue weighted by molar-refractivity contribution is 0.167. The third kappa shape index (κ3) is 4.61. The molecular formula is C19H26N6O3. The first kappa shape index (κ1) is 20.1. The predicted molar refractivity (Wildman–Crippen MR) is 105 cm³/mol. The number of hydrogen-bond acceptors (Lipinski definition) is 7. The normalized spacial score (nSPS) is 11.6. The lowest BCUT2D eigenvalue weighted by Gasteiger charge is -2.20. The summed E-state index contributed by atoms with van der Waals surface area (Å²) in [5.41, 5.74) is 3.58. The Labute approximate surface area is 162 Å². The van der Waals surface area contributed by atoms with Crippen LogP contribution in [-0.2, 0) is 24.4 Å². The van der Waals surface area contributed by atoms with Gasteiger partial charge in [0.15, 0.2) is 5.82 Å². The van der Waals surface area contributed by atoms with Crippen molar-refractivity contribution in [2.45, 2.75) is 33.5 Å². The van der Waals surface area contributed by atoms with Gasteiger partial charge in [0.25, 0.3) is 5.56 Å². The van der Waals surface area contributed by atoms with Crippen LogP contribution in [0, 0.1) is 13.8 Å². The minimum atomic E-state index is -0.126. The summed E-state index contributed by atoms with van der Waals surface area (Å²) in [6, 6.07) is 6.00. The van der Waals surface area contributed by atoms with Crippen molar-refractivity contribution in [3.8, 4) is 0 Å². The number of ether oxygens (including phenoxy) is 1. The smallest absolute Gasteiger partial charge is 0.252 e. The summed E-state index contributed by atoms with van der Waals surface area (Å²) in [7, 11) is 1.62. The second kappa shape index (κ2) is 9.05. The highest BCUT2D eigenvalue weighted by atomic mass is 16.5. The molecule has 2 N–H and O–H groups in total. The Balaban J connectivity index is 1.85. The third-order valence-corrected chi connectivity index (χ3v) is 4.68. The van der Waals surface area contributed by atoms with Crippen molar-refractivity contribution in [3.05, 3.63) is 51.1 Å². The maximum absolute atomic E-state index is 12.6.